The Bertz CT molecular complexity index is 1470. The summed E-state index contributed by atoms with van der Waals surface area (Å²) in [6.45, 7) is 11.9. The number of carbonyl (C=O) groups excluding carboxylic acids is 2. The molecular weight excluding hydrogens is 492 g/mol. The van der Waals surface area contributed by atoms with Gasteiger partial charge in [0.15, 0.2) is 0 Å². The number of aryl methyl sites for hydroxylation is 1. The maximum absolute atomic E-state index is 14.0. The van der Waals surface area contributed by atoms with Crippen LogP contribution in [0, 0.1) is 12.3 Å². The molecule has 39 heavy (non-hydrogen) atoms. The minimum Gasteiger partial charge on any atom is -0.351 e. The molecule has 0 spiro atoms. The number of aromatic nitrogens is 3. The van der Waals surface area contributed by atoms with Gasteiger partial charge in [-0.1, -0.05) is 45.0 Å². The maximum atomic E-state index is 14.0. The topological polar surface area (TPSA) is 100 Å². The summed E-state index contributed by atoms with van der Waals surface area (Å²) in [4.78, 5) is 52.0. The zero-order valence-corrected chi connectivity index (χ0v) is 23.5. The lowest BCUT2D eigenvalue weighted by atomic mass is 9.93. The van der Waals surface area contributed by atoms with Crippen LogP contribution in [0.1, 0.15) is 58.6 Å². The van der Waals surface area contributed by atoms with Crippen LogP contribution >= 0.6 is 0 Å². The van der Waals surface area contributed by atoms with Crippen LogP contribution in [0.15, 0.2) is 41.3 Å². The predicted octanol–water partition coefficient (Wildman–Crippen LogP) is 4.01. The molecule has 9 nitrogen and oxygen atoms in total. The van der Waals surface area contributed by atoms with Crippen LogP contribution in [0.5, 0.6) is 0 Å². The molecule has 4 heterocycles. The smallest absolute Gasteiger partial charge is 0.260 e. The van der Waals surface area contributed by atoms with E-state index in [9.17, 15) is 14.4 Å². The van der Waals surface area contributed by atoms with Crippen molar-refractivity contribution in [2.24, 2.45) is 5.41 Å². The minimum atomic E-state index is -0.388. The SMILES string of the molecule is CC(=O)N1CC[C@H](n2c(=O)c(-c3ccccc3C)cc3cnc(NC4CCN(C(=O)C(C)(C)C)CC4)nc32)C1. The number of nitrogens with one attached hydrogen (secondary N) is 1. The number of likely N-dealkylation sites (tertiary alicyclic amines) is 2. The van der Waals surface area contributed by atoms with Crippen molar-refractivity contribution in [1.29, 1.82) is 0 Å². The standard InChI is InChI=1S/C30H38N6O3/c1-19-8-6-7-9-24(19)25-16-21-17-31-29(32-22-10-13-34(14-11-22)28(39)30(3,4)5)33-26(21)36(27(25)38)23-12-15-35(18-23)20(2)37/h6-9,16-17,22-23H,10-15,18H2,1-5H3,(H,31,32,33)/t23-/m0/s1. The number of nitrogens with zero attached hydrogens (tertiary/aromatic N) is 5. The molecule has 5 rings (SSSR count). The largest absolute Gasteiger partial charge is 0.351 e. The molecule has 0 aliphatic carbocycles. The van der Waals surface area contributed by atoms with E-state index in [1.54, 1.807) is 22.6 Å². The number of pyridine rings is 1. The Morgan fingerprint density at radius 1 is 1.00 bits per heavy atom. The van der Waals surface area contributed by atoms with Crippen LogP contribution in [0.2, 0.25) is 0 Å². The number of piperidine rings is 1. The summed E-state index contributed by atoms with van der Waals surface area (Å²) in [5.74, 6) is 0.659. The summed E-state index contributed by atoms with van der Waals surface area (Å²) in [6, 6.07) is 9.72. The van der Waals surface area contributed by atoms with Crippen LogP contribution in [0.4, 0.5) is 5.95 Å². The van der Waals surface area contributed by atoms with Gasteiger partial charge in [-0.2, -0.15) is 4.98 Å². The van der Waals surface area contributed by atoms with E-state index >= 15 is 0 Å². The van der Waals surface area contributed by atoms with E-state index in [4.69, 9.17) is 4.98 Å². The lowest BCUT2D eigenvalue weighted by Gasteiger charge is -2.36. The van der Waals surface area contributed by atoms with Gasteiger partial charge in [0.25, 0.3) is 5.56 Å². The summed E-state index contributed by atoms with van der Waals surface area (Å²) in [5, 5.41) is 4.23. The van der Waals surface area contributed by atoms with E-state index < -0.39 is 0 Å². The Hall–Kier alpha value is -3.75. The van der Waals surface area contributed by atoms with E-state index in [1.165, 1.54) is 0 Å². The molecule has 2 aromatic heterocycles. The van der Waals surface area contributed by atoms with Crippen molar-refractivity contribution in [3.63, 3.8) is 0 Å². The van der Waals surface area contributed by atoms with E-state index in [0.29, 0.717) is 49.8 Å². The first kappa shape index (κ1) is 26.8. The third-order valence-corrected chi connectivity index (χ3v) is 7.94. The number of fused-ring (bicyclic) bond motifs is 1. The number of hydrogen-bond acceptors (Lipinski definition) is 6. The average Bonchev–Trinajstić information content (AvgIpc) is 3.39. The fourth-order valence-electron chi connectivity index (χ4n) is 5.72. The first-order chi connectivity index (χ1) is 18.5. The fourth-order valence-corrected chi connectivity index (χ4v) is 5.72. The summed E-state index contributed by atoms with van der Waals surface area (Å²) < 4.78 is 1.78. The molecule has 0 bridgehead atoms. The second-order valence-corrected chi connectivity index (χ2v) is 11.9. The van der Waals surface area contributed by atoms with Gasteiger partial charge in [0.2, 0.25) is 17.8 Å². The van der Waals surface area contributed by atoms with Gasteiger partial charge in [0, 0.05) is 61.7 Å². The fraction of sp³-hybridized carbons (Fsp3) is 0.500. The van der Waals surface area contributed by atoms with Gasteiger partial charge in [-0.15, -0.1) is 0 Å². The molecule has 2 fully saturated rings. The van der Waals surface area contributed by atoms with E-state index in [1.807, 2.05) is 62.9 Å². The molecule has 2 aliphatic rings. The van der Waals surface area contributed by atoms with Crippen molar-refractivity contribution < 1.29 is 9.59 Å². The number of benzene rings is 1. The van der Waals surface area contributed by atoms with Crippen molar-refractivity contribution in [3.8, 4) is 11.1 Å². The molecule has 1 aromatic carbocycles. The quantitative estimate of drug-likeness (QED) is 0.547. The van der Waals surface area contributed by atoms with Gasteiger partial charge in [-0.3, -0.25) is 19.0 Å². The molecule has 0 radical (unpaired) electrons. The van der Waals surface area contributed by atoms with Crippen LogP contribution in [-0.4, -0.2) is 68.4 Å². The van der Waals surface area contributed by atoms with Crippen molar-refractivity contribution in [1.82, 2.24) is 24.3 Å². The molecule has 0 unspecified atom stereocenters. The zero-order chi connectivity index (χ0) is 27.9. The monoisotopic (exact) mass is 530 g/mol. The molecule has 1 N–H and O–H groups in total. The first-order valence-corrected chi connectivity index (χ1v) is 13.8. The van der Waals surface area contributed by atoms with Gasteiger partial charge in [-0.05, 0) is 43.4 Å². The molecule has 1 atom stereocenters. The second kappa shape index (κ2) is 10.4. The average molecular weight is 531 g/mol. The minimum absolute atomic E-state index is 0.0122. The Morgan fingerprint density at radius 3 is 2.33 bits per heavy atom. The molecule has 3 aromatic rings. The predicted molar refractivity (Wildman–Crippen MR) is 153 cm³/mol. The van der Waals surface area contributed by atoms with Crippen molar-refractivity contribution in [3.05, 3.63) is 52.4 Å². The van der Waals surface area contributed by atoms with Crippen LogP contribution in [-0.2, 0) is 9.59 Å². The number of amides is 2. The van der Waals surface area contributed by atoms with Crippen molar-refractivity contribution >= 4 is 28.8 Å². The van der Waals surface area contributed by atoms with E-state index in [-0.39, 0.29) is 34.9 Å². The number of carbonyl (C=O) groups is 2. The molecular formula is C30H38N6O3. The maximum Gasteiger partial charge on any atom is 0.260 e. The van der Waals surface area contributed by atoms with Crippen LogP contribution in [0.3, 0.4) is 0 Å². The summed E-state index contributed by atoms with van der Waals surface area (Å²) in [5.41, 5.74) is 2.60. The van der Waals surface area contributed by atoms with E-state index in [0.717, 1.165) is 29.4 Å². The Balaban J connectivity index is 1.48. The molecule has 0 saturated carbocycles. The highest BCUT2D eigenvalue weighted by atomic mass is 16.2. The van der Waals surface area contributed by atoms with Gasteiger partial charge < -0.3 is 15.1 Å². The Kier molecular flexibility index (Phi) is 7.18. The highest BCUT2D eigenvalue weighted by Crippen LogP contribution is 2.29. The molecule has 206 valence electrons. The van der Waals surface area contributed by atoms with Crippen molar-refractivity contribution in [2.45, 2.75) is 66.0 Å². The number of hydrogen-bond donors (Lipinski definition) is 1. The van der Waals surface area contributed by atoms with Gasteiger partial charge in [-0.25, -0.2) is 4.98 Å². The zero-order valence-electron chi connectivity index (χ0n) is 23.5. The van der Waals surface area contributed by atoms with Gasteiger partial charge in [0.05, 0.1) is 6.04 Å². The van der Waals surface area contributed by atoms with Crippen molar-refractivity contribution in [2.75, 3.05) is 31.5 Å². The molecule has 2 aliphatic heterocycles. The highest BCUT2D eigenvalue weighted by Gasteiger charge is 2.31. The lowest BCUT2D eigenvalue weighted by Crippen LogP contribution is -2.46. The molecule has 9 heteroatoms. The lowest BCUT2D eigenvalue weighted by molar-refractivity contribution is -0.140. The first-order valence-electron chi connectivity index (χ1n) is 13.8. The Labute approximate surface area is 229 Å². The number of rotatable bonds is 4. The molecule has 2 saturated heterocycles. The highest BCUT2D eigenvalue weighted by molar-refractivity contribution is 5.83. The molecule has 2 amide bonds. The third kappa shape index (κ3) is 5.40. The second-order valence-electron chi connectivity index (χ2n) is 11.9. The summed E-state index contributed by atoms with van der Waals surface area (Å²) >= 11 is 0. The summed E-state index contributed by atoms with van der Waals surface area (Å²) in [6.07, 6.45) is 4.08. The van der Waals surface area contributed by atoms with E-state index in [2.05, 4.69) is 10.3 Å². The third-order valence-electron chi connectivity index (χ3n) is 7.94. The Morgan fingerprint density at radius 2 is 1.69 bits per heavy atom. The van der Waals surface area contributed by atoms with Gasteiger partial charge in [0.1, 0.15) is 5.65 Å². The van der Waals surface area contributed by atoms with Crippen LogP contribution < -0.4 is 10.9 Å². The summed E-state index contributed by atoms with van der Waals surface area (Å²) in [7, 11) is 0. The van der Waals surface area contributed by atoms with Crippen LogP contribution in [0.25, 0.3) is 22.2 Å². The normalized spacial score (nSPS) is 18.5. The van der Waals surface area contributed by atoms with Gasteiger partial charge >= 0.3 is 0 Å². The number of anilines is 1.